The van der Waals surface area contributed by atoms with E-state index in [2.05, 4.69) is 49.2 Å². The zero-order valence-corrected chi connectivity index (χ0v) is 8.06. The van der Waals surface area contributed by atoms with Crippen molar-refractivity contribution in [3.8, 4) is 0 Å². The standard InChI is InChI=1S/C10H11NS/c1-3-10-11(2)8-6-4-5-7-9(8)12-10/h3-7H,1-2H3. The van der Waals surface area contributed by atoms with Crippen LogP contribution in [0.1, 0.15) is 6.92 Å². The molecule has 0 saturated heterocycles. The van der Waals surface area contributed by atoms with E-state index >= 15 is 0 Å². The lowest BCUT2D eigenvalue weighted by Crippen LogP contribution is -2.08. The van der Waals surface area contributed by atoms with Crippen molar-refractivity contribution in [2.45, 2.75) is 11.8 Å². The average Bonchev–Trinajstić information content (AvgIpc) is 2.44. The fourth-order valence-electron chi connectivity index (χ4n) is 1.37. The first kappa shape index (κ1) is 7.74. The number of hydrogen-bond donors (Lipinski definition) is 0. The summed E-state index contributed by atoms with van der Waals surface area (Å²) in [6.45, 7) is 2.07. The minimum atomic E-state index is 1.32. The van der Waals surface area contributed by atoms with Gasteiger partial charge in [-0.2, -0.15) is 0 Å². The molecule has 1 heterocycles. The van der Waals surface area contributed by atoms with Gasteiger partial charge >= 0.3 is 0 Å². The van der Waals surface area contributed by atoms with Crippen LogP contribution in [0, 0.1) is 0 Å². The van der Waals surface area contributed by atoms with Crippen molar-refractivity contribution in [2.24, 2.45) is 0 Å². The molecule has 0 atom stereocenters. The Morgan fingerprint density at radius 1 is 1.33 bits per heavy atom. The van der Waals surface area contributed by atoms with Gasteiger partial charge in [-0.1, -0.05) is 30.0 Å². The van der Waals surface area contributed by atoms with Crippen LogP contribution in [0.5, 0.6) is 0 Å². The van der Waals surface area contributed by atoms with Crippen LogP contribution in [0.25, 0.3) is 0 Å². The van der Waals surface area contributed by atoms with Crippen molar-refractivity contribution in [1.29, 1.82) is 0 Å². The van der Waals surface area contributed by atoms with Gasteiger partial charge in [-0.15, -0.1) is 0 Å². The molecule has 1 aliphatic heterocycles. The number of rotatable bonds is 0. The number of nitrogens with zero attached hydrogens (tertiary/aromatic N) is 1. The molecular weight excluding hydrogens is 166 g/mol. The van der Waals surface area contributed by atoms with Crippen molar-refractivity contribution < 1.29 is 0 Å². The van der Waals surface area contributed by atoms with E-state index in [-0.39, 0.29) is 0 Å². The highest BCUT2D eigenvalue weighted by Crippen LogP contribution is 2.44. The zero-order valence-electron chi connectivity index (χ0n) is 7.24. The topological polar surface area (TPSA) is 3.24 Å². The summed E-state index contributed by atoms with van der Waals surface area (Å²) in [7, 11) is 2.11. The minimum Gasteiger partial charge on any atom is -0.338 e. The van der Waals surface area contributed by atoms with Gasteiger partial charge in [0, 0.05) is 11.9 Å². The van der Waals surface area contributed by atoms with Gasteiger partial charge in [0.2, 0.25) is 0 Å². The van der Waals surface area contributed by atoms with Gasteiger partial charge < -0.3 is 4.90 Å². The third-order valence-electron chi connectivity index (χ3n) is 2.02. The lowest BCUT2D eigenvalue weighted by Gasteiger charge is -2.12. The summed E-state index contributed by atoms with van der Waals surface area (Å²) < 4.78 is 0. The first-order chi connectivity index (χ1) is 5.83. The summed E-state index contributed by atoms with van der Waals surface area (Å²) in [6.07, 6.45) is 2.14. The highest BCUT2D eigenvalue weighted by Gasteiger charge is 2.19. The second kappa shape index (κ2) is 2.87. The van der Waals surface area contributed by atoms with Crippen molar-refractivity contribution in [3.63, 3.8) is 0 Å². The number of fused-ring (bicyclic) bond motifs is 1. The predicted molar refractivity (Wildman–Crippen MR) is 54.5 cm³/mol. The first-order valence-corrected chi connectivity index (χ1v) is 4.81. The molecule has 2 rings (SSSR count). The Kier molecular flexibility index (Phi) is 1.85. The van der Waals surface area contributed by atoms with E-state index in [0.717, 1.165) is 0 Å². The van der Waals surface area contributed by atoms with Crippen LogP contribution < -0.4 is 4.90 Å². The molecule has 1 aromatic rings. The van der Waals surface area contributed by atoms with E-state index in [9.17, 15) is 0 Å². The third-order valence-corrected chi connectivity index (χ3v) is 3.30. The van der Waals surface area contributed by atoms with E-state index in [1.165, 1.54) is 15.6 Å². The molecule has 0 amide bonds. The summed E-state index contributed by atoms with van der Waals surface area (Å²) in [6, 6.07) is 8.47. The Labute approximate surface area is 77.1 Å². The van der Waals surface area contributed by atoms with Crippen LogP contribution in [0.3, 0.4) is 0 Å². The summed E-state index contributed by atoms with van der Waals surface area (Å²) in [5.41, 5.74) is 1.32. The van der Waals surface area contributed by atoms with Crippen molar-refractivity contribution in [3.05, 3.63) is 35.4 Å². The lowest BCUT2D eigenvalue weighted by atomic mass is 10.3. The number of benzene rings is 1. The highest BCUT2D eigenvalue weighted by atomic mass is 32.2. The van der Waals surface area contributed by atoms with Gasteiger partial charge in [0.1, 0.15) is 0 Å². The van der Waals surface area contributed by atoms with Gasteiger partial charge in [-0.25, -0.2) is 0 Å². The molecule has 1 nitrogen and oxygen atoms in total. The summed E-state index contributed by atoms with van der Waals surface area (Å²) in [4.78, 5) is 3.58. The second-order valence-electron chi connectivity index (χ2n) is 2.76. The quantitative estimate of drug-likeness (QED) is 0.599. The van der Waals surface area contributed by atoms with Crippen LogP contribution in [0.15, 0.2) is 40.3 Å². The second-order valence-corrected chi connectivity index (χ2v) is 3.82. The normalized spacial score (nSPS) is 18.5. The molecule has 0 unspecified atom stereocenters. The van der Waals surface area contributed by atoms with E-state index < -0.39 is 0 Å². The van der Waals surface area contributed by atoms with E-state index in [1.807, 2.05) is 11.8 Å². The highest BCUT2D eigenvalue weighted by molar-refractivity contribution is 8.03. The molecular formula is C10H11NS. The van der Waals surface area contributed by atoms with Crippen LogP contribution >= 0.6 is 11.8 Å². The van der Waals surface area contributed by atoms with Crippen molar-refractivity contribution >= 4 is 17.4 Å². The molecule has 0 N–H and O–H groups in total. The third kappa shape index (κ3) is 1.03. The van der Waals surface area contributed by atoms with E-state index in [4.69, 9.17) is 0 Å². The van der Waals surface area contributed by atoms with Crippen molar-refractivity contribution in [2.75, 3.05) is 11.9 Å². The molecule has 0 bridgehead atoms. The fourth-order valence-corrected chi connectivity index (χ4v) is 2.41. The maximum absolute atomic E-state index is 2.22. The van der Waals surface area contributed by atoms with Gasteiger partial charge in [0.05, 0.1) is 10.7 Å². The van der Waals surface area contributed by atoms with Crippen LogP contribution in [-0.2, 0) is 0 Å². The fraction of sp³-hybridized carbons (Fsp3) is 0.200. The lowest BCUT2D eigenvalue weighted by molar-refractivity contribution is 1.17. The number of allylic oxidation sites excluding steroid dienone is 1. The molecule has 1 aliphatic rings. The molecule has 12 heavy (non-hydrogen) atoms. The monoisotopic (exact) mass is 177 g/mol. The number of hydrogen-bond acceptors (Lipinski definition) is 2. The Morgan fingerprint density at radius 2 is 2.08 bits per heavy atom. The number of thioether (sulfide) groups is 1. The zero-order chi connectivity index (χ0) is 8.55. The van der Waals surface area contributed by atoms with Crippen LogP contribution in [0.2, 0.25) is 0 Å². The Bertz CT molecular complexity index is 330. The Hall–Kier alpha value is -0.890. The summed E-state index contributed by atoms with van der Waals surface area (Å²) in [5, 5.41) is 1.32. The SMILES string of the molecule is CC=C1Sc2ccccc2N1C. The Balaban J connectivity index is 2.49. The van der Waals surface area contributed by atoms with Gasteiger partial charge in [-0.3, -0.25) is 0 Å². The average molecular weight is 177 g/mol. The minimum absolute atomic E-state index is 1.32. The number of anilines is 1. The van der Waals surface area contributed by atoms with E-state index in [1.54, 1.807) is 0 Å². The van der Waals surface area contributed by atoms with Crippen molar-refractivity contribution in [1.82, 2.24) is 0 Å². The summed E-state index contributed by atoms with van der Waals surface area (Å²) >= 11 is 1.83. The molecule has 0 spiro atoms. The maximum Gasteiger partial charge on any atom is 0.0755 e. The molecule has 0 aliphatic carbocycles. The maximum atomic E-state index is 2.22. The predicted octanol–water partition coefficient (Wildman–Crippen LogP) is 3.09. The molecule has 0 radical (unpaired) electrons. The van der Waals surface area contributed by atoms with Crippen LogP contribution in [-0.4, -0.2) is 7.05 Å². The molecule has 2 heteroatoms. The van der Waals surface area contributed by atoms with Gasteiger partial charge in [0.15, 0.2) is 0 Å². The molecule has 62 valence electrons. The smallest absolute Gasteiger partial charge is 0.0755 e. The Morgan fingerprint density at radius 3 is 2.75 bits per heavy atom. The van der Waals surface area contributed by atoms with Gasteiger partial charge in [-0.05, 0) is 19.1 Å². The molecule has 0 aromatic heterocycles. The van der Waals surface area contributed by atoms with Gasteiger partial charge in [0.25, 0.3) is 0 Å². The summed E-state index contributed by atoms with van der Waals surface area (Å²) in [5.74, 6) is 0. The largest absolute Gasteiger partial charge is 0.338 e. The number of para-hydroxylation sites is 1. The first-order valence-electron chi connectivity index (χ1n) is 4.00. The van der Waals surface area contributed by atoms with E-state index in [0.29, 0.717) is 0 Å². The van der Waals surface area contributed by atoms with Crippen LogP contribution in [0.4, 0.5) is 5.69 Å². The molecule has 0 fully saturated rings. The molecule has 0 saturated carbocycles. The molecule has 1 aromatic carbocycles.